The van der Waals surface area contributed by atoms with Gasteiger partial charge in [-0.1, -0.05) is 11.3 Å². The molecule has 1 saturated heterocycles. The summed E-state index contributed by atoms with van der Waals surface area (Å²) in [5.41, 5.74) is 0.736. The zero-order valence-corrected chi connectivity index (χ0v) is 17.5. The Morgan fingerprint density at radius 2 is 1.90 bits per heavy atom. The van der Waals surface area contributed by atoms with Crippen LogP contribution in [-0.4, -0.2) is 40.6 Å². The molecule has 9 nitrogen and oxygen atoms in total. The summed E-state index contributed by atoms with van der Waals surface area (Å²) < 4.78 is 58.3. The minimum Gasteiger partial charge on any atom is -0.497 e. The van der Waals surface area contributed by atoms with E-state index >= 15 is 0 Å². The zero-order valence-electron chi connectivity index (χ0n) is 15.0. The number of fused-ring (bicyclic) bond motifs is 1. The monoisotopic (exact) mass is 453 g/mol. The number of rotatable bonds is 5. The first-order valence-electron chi connectivity index (χ1n) is 8.33. The largest absolute Gasteiger partial charge is 0.497 e. The van der Waals surface area contributed by atoms with Gasteiger partial charge < -0.3 is 4.74 Å². The lowest BCUT2D eigenvalue weighted by Gasteiger charge is -2.15. The van der Waals surface area contributed by atoms with Crippen LogP contribution in [0.15, 0.2) is 47.4 Å². The second-order valence-corrected chi connectivity index (χ2v) is 10.8. The Kier molecular flexibility index (Phi) is 4.71. The van der Waals surface area contributed by atoms with Gasteiger partial charge in [0.05, 0.1) is 33.7 Å². The molecule has 0 radical (unpaired) electrons. The van der Waals surface area contributed by atoms with Crippen LogP contribution >= 0.6 is 11.3 Å². The fourth-order valence-corrected chi connectivity index (χ4v) is 6.47. The normalized spacial score (nSPS) is 16.3. The van der Waals surface area contributed by atoms with Crippen molar-refractivity contribution in [3.63, 3.8) is 0 Å². The lowest BCUT2D eigenvalue weighted by molar-refractivity contribution is -0.116. The van der Waals surface area contributed by atoms with Gasteiger partial charge in [-0.25, -0.2) is 26.1 Å². The van der Waals surface area contributed by atoms with Gasteiger partial charge in [-0.15, -0.1) is 0 Å². The summed E-state index contributed by atoms with van der Waals surface area (Å²) in [6, 6.07) is 10.3. The van der Waals surface area contributed by atoms with E-state index < -0.39 is 26.0 Å². The van der Waals surface area contributed by atoms with E-state index in [2.05, 4.69) is 9.71 Å². The van der Waals surface area contributed by atoms with Crippen molar-refractivity contribution in [2.45, 2.75) is 11.3 Å². The number of aromatic nitrogens is 1. The van der Waals surface area contributed by atoms with Crippen LogP contribution in [0.25, 0.3) is 10.2 Å². The number of hydrogen-bond donors (Lipinski definition) is 1. The number of sulfonamides is 2. The van der Waals surface area contributed by atoms with E-state index in [0.717, 1.165) is 16.0 Å². The first kappa shape index (κ1) is 19.6. The van der Waals surface area contributed by atoms with Crippen LogP contribution in [0, 0.1) is 0 Å². The van der Waals surface area contributed by atoms with Crippen LogP contribution in [-0.2, 0) is 24.8 Å². The van der Waals surface area contributed by atoms with Gasteiger partial charge in [-0.2, -0.15) is 0 Å². The van der Waals surface area contributed by atoms with E-state index in [1.807, 2.05) is 0 Å². The molecular weight excluding hydrogens is 438 g/mol. The molecule has 4 rings (SSSR count). The number of nitrogens with zero attached hydrogens (tertiary/aromatic N) is 2. The van der Waals surface area contributed by atoms with Gasteiger partial charge in [0.2, 0.25) is 15.9 Å². The maximum Gasteiger partial charge on any atom is 0.263 e. The molecule has 1 aliphatic rings. The molecule has 0 spiro atoms. The average molecular weight is 454 g/mol. The third-order valence-electron chi connectivity index (χ3n) is 4.28. The van der Waals surface area contributed by atoms with E-state index in [9.17, 15) is 21.6 Å². The molecular formula is C17H15N3O6S3. The number of carbonyl (C=O) groups excluding carboxylic acids is 1. The quantitative estimate of drug-likeness (QED) is 0.628. The van der Waals surface area contributed by atoms with Crippen molar-refractivity contribution in [1.29, 1.82) is 0 Å². The van der Waals surface area contributed by atoms with Crippen LogP contribution in [0.5, 0.6) is 5.75 Å². The third-order valence-corrected chi connectivity index (χ3v) is 8.39. The van der Waals surface area contributed by atoms with E-state index in [1.165, 1.54) is 31.4 Å². The molecule has 1 amide bonds. The lowest BCUT2D eigenvalue weighted by Crippen LogP contribution is -2.29. The van der Waals surface area contributed by atoms with Crippen molar-refractivity contribution in [1.82, 2.24) is 4.98 Å². The van der Waals surface area contributed by atoms with Gasteiger partial charge in [0.1, 0.15) is 5.75 Å². The summed E-state index contributed by atoms with van der Waals surface area (Å²) >= 11 is 1.16. The summed E-state index contributed by atoms with van der Waals surface area (Å²) in [6.45, 7) is 0. The smallest absolute Gasteiger partial charge is 0.263 e. The van der Waals surface area contributed by atoms with E-state index in [1.54, 1.807) is 18.2 Å². The Morgan fingerprint density at radius 3 is 2.52 bits per heavy atom. The van der Waals surface area contributed by atoms with E-state index in [0.29, 0.717) is 15.6 Å². The van der Waals surface area contributed by atoms with Gasteiger partial charge in [0.25, 0.3) is 10.0 Å². The molecule has 1 aliphatic heterocycles. The molecule has 0 atom stereocenters. The SMILES string of the molecule is COc1ccc2nc(NS(=O)(=O)c3ccc(N4C(=O)CCS4(=O)=O)cc3)sc2c1. The van der Waals surface area contributed by atoms with Crippen molar-refractivity contribution in [3.05, 3.63) is 42.5 Å². The third kappa shape index (κ3) is 3.66. The molecule has 0 aliphatic carbocycles. The van der Waals surface area contributed by atoms with Crippen LogP contribution in [0.1, 0.15) is 6.42 Å². The zero-order chi connectivity index (χ0) is 20.8. The number of amides is 1. The molecule has 1 N–H and O–H groups in total. The summed E-state index contributed by atoms with van der Waals surface area (Å²) in [4.78, 5) is 16.0. The number of methoxy groups -OCH3 is 1. The number of ether oxygens (including phenoxy) is 1. The summed E-state index contributed by atoms with van der Waals surface area (Å²) in [6.07, 6.45) is -0.0909. The molecule has 2 aromatic carbocycles. The molecule has 1 aromatic heterocycles. The number of benzene rings is 2. The van der Waals surface area contributed by atoms with Gasteiger partial charge >= 0.3 is 0 Å². The van der Waals surface area contributed by atoms with Gasteiger partial charge in [0, 0.05) is 6.42 Å². The standard InChI is InChI=1S/C17H15N3O6S3/c1-26-12-4-7-14-15(10-12)27-17(18-14)19-29(24,25)13-5-2-11(3-6-13)20-16(21)8-9-28(20,22)23/h2-7,10H,8-9H2,1H3,(H,18,19). The van der Waals surface area contributed by atoms with Crippen molar-refractivity contribution >= 4 is 58.3 Å². The molecule has 0 saturated carbocycles. The van der Waals surface area contributed by atoms with Crippen LogP contribution in [0.3, 0.4) is 0 Å². The maximum atomic E-state index is 12.7. The number of nitrogens with one attached hydrogen (secondary N) is 1. The van der Waals surface area contributed by atoms with Crippen molar-refractivity contribution in [2.75, 3.05) is 21.9 Å². The molecule has 152 valence electrons. The highest BCUT2D eigenvalue weighted by Gasteiger charge is 2.36. The summed E-state index contributed by atoms with van der Waals surface area (Å²) in [7, 11) is -6.11. The number of anilines is 2. The molecule has 3 aromatic rings. The van der Waals surface area contributed by atoms with E-state index in [-0.39, 0.29) is 27.9 Å². The van der Waals surface area contributed by atoms with Gasteiger partial charge in [0.15, 0.2) is 5.13 Å². The highest BCUT2D eigenvalue weighted by Crippen LogP contribution is 2.31. The van der Waals surface area contributed by atoms with Crippen molar-refractivity contribution in [2.24, 2.45) is 0 Å². The summed E-state index contributed by atoms with van der Waals surface area (Å²) in [5, 5.41) is 0.189. The molecule has 29 heavy (non-hydrogen) atoms. The van der Waals surface area contributed by atoms with Crippen molar-refractivity contribution in [3.8, 4) is 5.75 Å². The van der Waals surface area contributed by atoms with E-state index in [4.69, 9.17) is 4.74 Å². The molecule has 2 heterocycles. The second-order valence-electron chi connectivity index (χ2n) is 6.18. The van der Waals surface area contributed by atoms with Crippen LogP contribution < -0.4 is 13.8 Å². The fourth-order valence-electron chi connectivity index (χ4n) is 2.88. The topological polar surface area (TPSA) is 123 Å². The molecule has 12 heteroatoms. The molecule has 0 unspecified atom stereocenters. The van der Waals surface area contributed by atoms with Gasteiger partial charge in [-0.05, 0) is 42.5 Å². The Labute approximate surface area is 171 Å². The van der Waals surface area contributed by atoms with Gasteiger partial charge in [-0.3, -0.25) is 9.52 Å². The summed E-state index contributed by atoms with van der Waals surface area (Å²) in [5.74, 6) is -0.156. The Morgan fingerprint density at radius 1 is 1.17 bits per heavy atom. The Balaban J connectivity index is 1.60. The second kappa shape index (κ2) is 6.97. The number of hydrogen-bond acceptors (Lipinski definition) is 8. The molecule has 1 fully saturated rings. The number of carbonyl (C=O) groups is 1. The predicted octanol–water partition coefficient (Wildman–Crippen LogP) is 2.17. The first-order valence-corrected chi connectivity index (χ1v) is 12.2. The Hall–Kier alpha value is -2.70. The predicted molar refractivity (Wildman–Crippen MR) is 109 cm³/mol. The van der Waals surface area contributed by atoms with Crippen LogP contribution in [0.4, 0.5) is 10.8 Å². The van der Waals surface area contributed by atoms with Crippen LogP contribution in [0.2, 0.25) is 0 Å². The number of thiazole rings is 1. The highest BCUT2D eigenvalue weighted by molar-refractivity contribution is 7.94. The van der Waals surface area contributed by atoms with Crippen molar-refractivity contribution < 1.29 is 26.4 Å². The lowest BCUT2D eigenvalue weighted by atomic mass is 10.3. The molecule has 0 bridgehead atoms. The first-order chi connectivity index (χ1) is 13.7. The average Bonchev–Trinajstić information content (AvgIpc) is 3.19. The fraction of sp³-hybridized carbons (Fsp3) is 0.176. The minimum absolute atomic E-state index is 0.0814. The highest BCUT2D eigenvalue weighted by atomic mass is 32.2. The maximum absolute atomic E-state index is 12.7. The Bertz CT molecular complexity index is 1310. The minimum atomic E-state index is -3.95.